The van der Waals surface area contributed by atoms with Gasteiger partial charge in [0.1, 0.15) is 6.04 Å². The molecule has 2 atom stereocenters. The fraction of sp³-hybridized carbons (Fsp3) is 0.619. The van der Waals surface area contributed by atoms with Gasteiger partial charge in [-0.15, -0.1) is 6.42 Å². The smallest absolute Gasteiger partial charge is 0.249 e. The Kier molecular flexibility index (Phi) is 9.39. The van der Waals surface area contributed by atoms with Crippen LogP contribution in [0, 0.1) is 18.3 Å². The second kappa shape index (κ2) is 11.2. The molecule has 1 aliphatic heterocycles. The van der Waals surface area contributed by atoms with Crippen molar-refractivity contribution in [2.75, 3.05) is 33.7 Å². The molecule has 1 unspecified atom stereocenters. The van der Waals surface area contributed by atoms with Crippen LogP contribution >= 0.6 is 0 Å². The van der Waals surface area contributed by atoms with E-state index in [1.54, 1.807) is 32.0 Å². The molecule has 0 aromatic rings. The molecule has 0 aromatic heterocycles. The van der Waals surface area contributed by atoms with Crippen LogP contribution in [0.1, 0.15) is 33.6 Å². The Balaban J connectivity index is 2.99. The number of terminal acetylenes is 1. The number of likely N-dealkylation sites (N-methyl/N-ethyl adjacent to an activating group) is 2. The lowest BCUT2D eigenvalue weighted by Gasteiger charge is -2.31. The van der Waals surface area contributed by atoms with Crippen LogP contribution in [-0.4, -0.2) is 84.6 Å². The Morgan fingerprint density at radius 2 is 1.97 bits per heavy atom. The maximum atomic E-state index is 13.0. The summed E-state index contributed by atoms with van der Waals surface area (Å²) in [5.41, 5.74) is 0.478. The van der Waals surface area contributed by atoms with E-state index >= 15 is 0 Å². The van der Waals surface area contributed by atoms with Gasteiger partial charge >= 0.3 is 0 Å². The monoisotopic (exact) mass is 404 g/mol. The van der Waals surface area contributed by atoms with Crippen molar-refractivity contribution < 1.29 is 19.2 Å². The molecule has 1 rings (SSSR count). The zero-order valence-corrected chi connectivity index (χ0v) is 18.0. The van der Waals surface area contributed by atoms with Crippen LogP contribution in [-0.2, 0) is 19.2 Å². The van der Waals surface area contributed by atoms with Gasteiger partial charge in [-0.1, -0.05) is 25.8 Å². The summed E-state index contributed by atoms with van der Waals surface area (Å²) in [7, 11) is 3.28. The maximum Gasteiger partial charge on any atom is 0.249 e. The van der Waals surface area contributed by atoms with Gasteiger partial charge in [0.2, 0.25) is 24.1 Å². The molecule has 0 aromatic carbocycles. The zero-order valence-electron chi connectivity index (χ0n) is 18.0. The minimum absolute atomic E-state index is 0.0562. The molecule has 1 saturated heterocycles. The lowest BCUT2D eigenvalue weighted by atomic mass is 9.99. The standard InChI is InChI=1S/C21H32N4O4/c1-7-10-23(5)21(29)17-9-8-11-25(17)20(28)16(4)12-18(15(2)3)24(6)19(27)13-22-14-26/h1,12,14-15,17-18H,8-11,13H2,2-6H3,(H,22,26)/t17-,18?/m0/s1. The highest BCUT2D eigenvalue weighted by Crippen LogP contribution is 2.22. The first-order valence-electron chi connectivity index (χ1n) is 9.76. The first-order chi connectivity index (χ1) is 13.6. The Morgan fingerprint density at radius 1 is 1.31 bits per heavy atom. The minimum Gasteiger partial charge on any atom is -0.350 e. The number of carbonyl (C=O) groups is 4. The maximum absolute atomic E-state index is 13.0. The number of hydrogen-bond donors (Lipinski definition) is 1. The van der Waals surface area contributed by atoms with Gasteiger partial charge in [-0.25, -0.2) is 0 Å². The Morgan fingerprint density at radius 3 is 2.52 bits per heavy atom. The van der Waals surface area contributed by atoms with E-state index in [2.05, 4.69) is 11.2 Å². The summed E-state index contributed by atoms with van der Waals surface area (Å²) in [6.07, 6.45) is 8.88. The molecule has 0 spiro atoms. The van der Waals surface area contributed by atoms with E-state index in [4.69, 9.17) is 6.42 Å². The normalized spacial score (nSPS) is 17.5. The predicted octanol–water partition coefficient (Wildman–Crippen LogP) is 0.244. The SMILES string of the molecule is C#CCN(C)C(=O)[C@@H]1CCCN1C(=O)C(C)=CC(C(C)C)N(C)C(=O)CNC=O. The molecule has 160 valence electrons. The molecule has 8 nitrogen and oxygen atoms in total. The van der Waals surface area contributed by atoms with Gasteiger partial charge in [0.15, 0.2) is 0 Å². The number of likely N-dealkylation sites (tertiary alicyclic amines) is 1. The van der Waals surface area contributed by atoms with Gasteiger partial charge in [0.05, 0.1) is 19.1 Å². The highest BCUT2D eigenvalue weighted by Gasteiger charge is 2.36. The fourth-order valence-electron chi connectivity index (χ4n) is 3.46. The van der Waals surface area contributed by atoms with E-state index < -0.39 is 6.04 Å². The summed E-state index contributed by atoms with van der Waals surface area (Å²) < 4.78 is 0. The largest absolute Gasteiger partial charge is 0.350 e. The van der Waals surface area contributed by atoms with Crippen molar-refractivity contribution in [3.05, 3.63) is 11.6 Å². The van der Waals surface area contributed by atoms with Gasteiger partial charge < -0.3 is 20.0 Å². The van der Waals surface area contributed by atoms with Crippen molar-refractivity contribution in [2.45, 2.75) is 45.7 Å². The predicted molar refractivity (Wildman–Crippen MR) is 110 cm³/mol. The summed E-state index contributed by atoms with van der Waals surface area (Å²) >= 11 is 0. The topological polar surface area (TPSA) is 90.0 Å². The Labute approximate surface area is 173 Å². The summed E-state index contributed by atoms with van der Waals surface area (Å²) in [5.74, 6) is 1.87. The Bertz CT molecular complexity index is 695. The second-order valence-corrected chi connectivity index (χ2v) is 7.64. The van der Waals surface area contributed by atoms with Crippen LogP contribution in [0.25, 0.3) is 0 Å². The summed E-state index contributed by atoms with van der Waals surface area (Å²) in [5, 5.41) is 2.36. The zero-order chi connectivity index (χ0) is 22.1. The van der Waals surface area contributed by atoms with E-state index in [0.717, 1.165) is 6.42 Å². The van der Waals surface area contributed by atoms with E-state index in [9.17, 15) is 19.2 Å². The molecule has 1 fully saturated rings. The quantitative estimate of drug-likeness (QED) is 0.339. The van der Waals surface area contributed by atoms with E-state index in [1.807, 2.05) is 13.8 Å². The molecule has 4 amide bonds. The fourth-order valence-corrected chi connectivity index (χ4v) is 3.46. The van der Waals surface area contributed by atoms with Gasteiger partial charge in [-0.05, 0) is 25.7 Å². The average Bonchev–Trinajstić information content (AvgIpc) is 3.17. The average molecular weight is 405 g/mol. The van der Waals surface area contributed by atoms with Crippen molar-refractivity contribution in [3.8, 4) is 12.3 Å². The Hall–Kier alpha value is -2.82. The van der Waals surface area contributed by atoms with Gasteiger partial charge in [0, 0.05) is 26.2 Å². The van der Waals surface area contributed by atoms with Crippen molar-refractivity contribution in [1.82, 2.24) is 20.0 Å². The third kappa shape index (κ3) is 6.34. The molecule has 1 heterocycles. The van der Waals surface area contributed by atoms with Gasteiger partial charge in [-0.2, -0.15) is 0 Å². The number of nitrogens with one attached hydrogen (secondary N) is 1. The van der Waals surface area contributed by atoms with Crippen LogP contribution < -0.4 is 5.32 Å². The van der Waals surface area contributed by atoms with Crippen molar-refractivity contribution >= 4 is 24.1 Å². The molecule has 29 heavy (non-hydrogen) atoms. The van der Waals surface area contributed by atoms with Crippen LogP contribution in [0.5, 0.6) is 0 Å². The molecule has 1 N–H and O–H groups in total. The molecular formula is C21H32N4O4. The van der Waals surface area contributed by atoms with Crippen molar-refractivity contribution in [2.24, 2.45) is 5.92 Å². The van der Waals surface area contributed by atoms with Gasteiger partial charge in [-0.3, -0.25) is 19.2 Å². The number of nitrogens with zero attached hydrogens (tertiary/aromatic N) is 3. The molecular weight excluding hydrogens is 372 g/mol. The number of rotatable bonds is 9. The molecule has 0 saturated carbocycles. The molecule has 0 bridgehead atoms. The van der Waals surface area contributed by atoms with E-state index in [-0.39, 0.29) is 42.8 Å². The lowest BCUT2D eigenvalue weighted by Crippen LogP contribution is -2.47. The highest BCUT2D eigenvalue weighted by molar-refractivity contribution is 5.97. The third-order valence-electron chi connectivity index (χ3n) is 5.12. The minimum atomic E-state index is -0.516. The summed E-state index contributed by atoms with van der Waals surface area (Å²) in [6, 6.07) is -0.835. The molecule has 0 aliphatic carbocycles. The molecule has 1 aliphatic rings. The lowest BCUT2D eigenvalue weighted by molar-refractivity contribution is -0.140. The number of hydrogen-bond acceptors (Lipinski definition) is 4. The molecule has 8 heteroatoms. The first-order valence-corrected chi connectivity index (χ1v) is 9.76. The van der Waals surface area contributed by atoms with E-state index in [0.29, 0.717) is 24.9 Å². The second-order valence-electron chi connectivity index (χ2n) is 7.64. The molecule has 0 radical (unpaired) electrons. The van der Waals surface area contributed by atoms with Crippen LogP contribution in [0.15, 0.2) is 11.6 Å². The van der Waals surface area contributed by atoms with Gasteiger partial charge in [0.25, 0.3) is 0 Å². The van der Waals surface area contributed by atoms with Crippen LogP contribution in [0.4, 0.5) is 0 Å². The highest BCUT2D eigenvalue weighted by atomic mass is 16.2. The van der Waals surface area contributed by atoms with Crippen molar-refractivity contribution in [1.29, 1.82) is 0 Å². The van der Waals surface area contributed by atoms with Crippen LogP contribution in [0.2, 0.25) is 0 Å². The first kappa shape index (κ1) is 24.2. The van der Waals surface area contributed by atoms with Crippen molar-refractivity contribution in [3.63, 3.8) is 0 Å². The summed E-state index contributed by atoms with van der Waals surface area (Å²) in [4.78, 5) is 52.9. The summed E-state index contributed by atoms with van der Waals surface area (Å²) in [6.45, 7) is 6.20. The van der Waals surface area contributed by atoms with Crippen LogP contribution in [0.3, 0.4) is 0 Å². The number of amides is 4. The third-order valence-corrected chi connectivity index (χ3v) is 5.12. The number of carbonyl (C=O) groups excluding carboxylic acids is 4. The van der Waals surface area contributed by atoms with E-state index in [1.165, 1.54) is 9.80 Å².